The maximum Gasteiger partial charge on any atom is 0.178 e. The van der Waals surface area contributed by atoms with Gasteiger partial charge in [-0.1, -0.05) is 0 Å². The molecule has 0 aromatic heterocycles. The molecule has 5 heteroatoms. The van der Waals surface area contributed by atoms with Gasteiger partial charge in [-0.05, 0) is 24.3 Å². The zero-order chi connectivity index (χ0) is 11.5. The van der Waals surface area contributed by atoms with Gasteiger partial charge in [-0.25, -0.2) is 0 Å². The third-order valence-electron chi connectivity index (χ3n) is 1.29. The molecule has 5 nitrogen and oxygen atoms in total. The fraction of sp³-hybridized carbons (Fsp3) is 0.400. The molecule has 0 aliphatic heterocycles. The van der Waals surface area contributed by atoms with Crippen LogP contribution in [0.2, 0.25) is 0 Å². The first-order valence-corrected chi connectivity index (χ1v) is 4.44. The lowest BCUT2D eigenvalue weighted by Gasteiger charge is -1.94. The van der Waals surface area contributed by atoms with Crippen LogP contribution in [0, 0.1) is 0 Å². The number of rotatable bonds is 4. The van der Waals surface area contributed by atoms with E-state index in [1.54, 1.807) is 0 Å². The van der Waals surface area contributed by atoms with Gasteiger partial charge in [0.15, 0.2) is 11.6 Å². The Kier molecular flexibility index (Phi) is 8.46. The van der Waals surface area contributed by atoms with Crippen LogP contribution in [0.3, 0.4) is 0 Å². The van der Waals surface area contributed by atoms with Crippen LogP contribution >= 0.6 is 0 Å². The van der Waals surface area contributed by atoms with Crippen LogP contribution in [0.4, 0.5) is 0 Å². The van der Waals surface area contributed by atoms with E-state index in [1.165, 1.54) is 24.3 Å². The number of aliphatic hydroxyl groups is 2. The number of ketones is 2. The van der Waals surface area contributed by atoms with Crippen LogP contribution in [0.25, 0.3) is 0 Å². The van der Waals surface area contributed by atoms with Gasteiger partial charge in [0.2, 0.25) is 0 Å². The average molecular weight is 214 g/mol. The van der Waals surface area contributed by atoms with E-state index >= 15 is 0 Å². The quantitative estimate of drug-likeness (QED) is 0.474. The monoisotopic (exact) mass is 214 g/mol. The molecule has 0 aromatic carbocycles. The standard InChI is InChI=1S/C6H4O2.C4H10O3/c7-5-1-2-6(8)4-3-5;5-1-3-7-4-2-6/h1-4H;5-6H,1-4H2. The molecule has 0 aromatic rings. The highest BCUT2D eigenvalue weighted by Crippen LogP contribution is 1.90. The lowest BCUT2D eigenvalue weighted by molar-refractivity contribution is -0.113. The van der Waals surface area contributed by atoms with Gasteiger partial charge < -0.3 is 14.9 Å². The Morgan fingerprint density at radius 2 is 1.20 bits per heavy atom. The van der Waals surface area contributed by atoms with Crippen molar-refractivity contribution in [3.8, 4) is 0 Å². The molecular formula is C10H14O5. The molecule has 15 heavy (non-hydrogen) atoms. The summed E-state index contributed by atoms with van der Waals surface area (Å²) in [7, 11) is 0. The number of carbonyl (C=O) groups is 2. The summed E-state index contributed by atoms with van der Waals surface area (Å²) < 4.78 is 4.63. The zero-order valence-electron chi connectivity index (χ0n) is 8.26. The smallest absolute Gasteiger partial charge is 0.178 e. The predicted octanol–water partition coefficient (Wildman–Crippen LogP) is -0.762. The fourth-order valence-electron chi connectivity index (χ4n) is 0.671. The predicted molar refractivity (Wildman–Crippen MR) is 53.3 cm³/mol. The molecule has 0 unspecified atom stereocenters. The van der Waals surface area contributed by atoms with Crippen molar-refractivity contribution in [1.29, 1.82) is 0 Å². The third-order valence-corrected chi connectivity index (χ3v) is 1.29. The van der Waals surface area contributed by atoms with Crippen LogP contribution in [0.1, 0.15) is 0 Å². The summed E-state index contributed by atoms with van der Waals surface area (Å²) in [6.07, 6.45) is 5.01. The minimum Gasteiger partial charge on any atom is -0.394 e. The second kappa shape index (κ2) is 9.26. The van der Waals surface area contributed by atoms with Crippen molar-refractivity contribution in [2.24, 2.45) is 0 Å². The van der Waals surface area contributed by atoms with E-state index in [2.05, 4.69) is 4.74 Å². The van der Waals surface area contributed by atoms with Crippen molar-refractivity contribution in [3.63, 3.8) is 0 Å². The molecular weight excluding hydrogens is 200 g/mol. The summed E-state index contributed by atoms with van der Waals surface area (Å²) in [6, 6.07) is 0. The number of hydrogen-bond acceptors (Lipinski definition) is 5. The van der Waals surface area contributed by atoms with E-state index in [0.29, 0.717) is 13.2 Å². The molecule has 0 spiro atoms. The molecule has 0 atom stereocenters. The van der Waals surface area contributed by atoms with Crippen LogP contribution in [-0.4, -0.2) is 48.2 Å². The Morgan fingerprint density at radius 3 is 1.47 bits per heavy atom. The van der Waals surface area contributed by atoms with Crippen LogP contribution in [0.15, 0.2) is 24.3 Å². The van der Waals surface area contributed by atoms with Crippen LogP contribution in [0.5, 0.6) is 0 Å². The van der Waals surface area contributed by atoms with Crippen molar-refractivity contribution in [3.05, 3.63) is 24.3 Å². The SMILES string of the molecule is O=C1C=CC(=O)C=C1.OCCOCCO. The highest BCUT2D eigenvalue weighted by molar-refractivity contribution is 6.14. The number of hydrogen-bond donors (Lipinski definition) is 2. The number of ether oxygens (including phenoxy) is 1. The first-order valence-electron chi connectivity index (χ1n) is 4.44. The molecule has 0 radical (unpaired) electrons. The Morgan fingerprint density at radius 1 is 0.867 bits per heavy atom. The second-order valence-electron chi connectivity index (χ2n) is 2.53. The van der Waals surface area contributed by atoms with Gasteiger partial charge in [-0.15, -0.1) is 0 Å². The van der Waals surface area contributed by atoms with Crippen molar-refractivity contribution < 1.29 is 24.5 Å². The van der Waals surface area contributed by atoms with Gasteiger partial charge in [-0.3, -0.25) is 9.59 Å². The summed E-state index contributed by atoms with van der Waals surface area (Å²) in [6.45, 7) is 0.696. The summed E-state index contributed by atoms with van der Waals surface area (Å²) in [5.41, 5.74) is 0. The molecule has 0 saturated carbocycles. The molecule has 0 bridgehead atoms. The highest BCUT2D eigenvalue weighted by atomic mass is 16.5. The first-order chi connectivity index (χ1) is 7.20. The van der Waals surface area contributed by atoms with E-state index in [-0.39, 0.29) is 24.8 Å². The molecule has 0 fully saturated rings. The maximum absolute atomic E-state index is 10.3. The van der Waals surface area contributed by atoms with Crippen LogP contribution in [-0.2, 0) is 14.3 Å². The molecule has 0 heterocycles. The number of aliphatic hydroxyl groups excluding tert-OH is 2. The Balaban J connectivity index is 0.000000265. The van der Waals surface area contributed by atoms with Gasteiger partial charge in [0.25, 0.3) is 0 Å². The summed E-state index contributed by atoms with van der Waals surface area (Å²) in [4.78, 5) is 20.6. The van der Waals surface area contributed by atoms with Gasteiger partial charge >= 0.3 is 0 Å². The van der Waals surface area contributed by atoms with Crippen molar-refractivity contribution in [2.75, 3.05) is 26.4 Å². The Labute approximate surface area is 87.7 Å². The van der Waals surface area contributed by atoms with Gasteiger partial charge in [0, 0.05) is 0 Å². The zero-order valence-corrected chi connectivity index (χ0v) is 8.26. The topological polar surface area (TPSA) is 83.8 Å². The highest BCUT2D eigenvalue weighted by Gasteiger charge is 1.97. The lowest BCUT2D eigenvalue weighted by Crippen LogP contribution is -2.03. The molecule has 2 N–H and O–H groups in total. The summed E-state index contributed by atoms with van der Waals surface area (Å²) in [5.74, 6) is -0.241. The Bertz CT molecular complexity index is 213. The molecule has 84 valence electrons. The average Bonchev–Trinajstić information content (AvgIpc) is 2.24. The van der Waals surface area contributed by atoms with E-state index < -0.39 is 0 Å². The van der Waals surface area contributed by atoms with Gasteiger partial charge in [0.1, 0.15) is 0 Å². The Hall–Kier alpha value is -1.30. The van der Waals surface area contributed by atoms with Gasteiger partial charge in [-0.2, -0.15) is 0 Å². The van der Waals surface area contributed by atoms with E-state index in [0.717, 1.165) is 0 Å². The minimum atomic E-state index is -0.121. The number of allylic oxidation sites excluding steroid dienone is 4. The molecule has 1 rings (SSSR count). The van der Waals surface area contributed by atoms with Crippen molar-refractivity contribution in [1.82, 2.24) is 0 Å². The second-order valence-corrected chi connectivity index (χ2v) is 2.53. The molecule has 1 aliphatic carbocycles. The van der Waals surface area contributed by atoms with Crippen molar-refractivity contribution >= 4 is 11.6 Å². The van der Waals surface area contributed by atoms with Crippen molar-refractivity contribution in [2.45, 2.75) is 0 Å². The fourth-order valence-corrected chi connectivity index (χ4v) is 0.671. The summed E-state index contributed by atoms with van der Waals surface area (Å²) in [5, 5.41) is 16.2. The largest absolute Gasteiger partial charge is 0.394 e. The van der Waals surface area contributed by atoms with Crippen LogP contribution < -0.4 is 0 Å². The molecule has 1 aliphatic rings. The first kappa shape index (κ1) is 13.7. The summed E-state index contributed by atoms with van der Waals surface area (Å²) >= 11 is 0. The number of carbonyl (C=O) groups excluding carboxylic acids is 2. The third kappa shape index (κ3) is 9.01. The molecule has 0 saturated heterocycles. The van der Waals surface area contributed by atoms with E-state index in [9.17, 15) is 9.59 Å². The normalized spacial score (nSPS) is 13.7. The molecule has 0 amide bonds. The maximum atomic E-state index is 10.3. The van der Waals surface area contributed by atoms with E-state index in [1.807, 2.05) is 0 Å². The lowest BCUT2D eigenvalue weighted by atomic mass is 10.2. The van der Waals surface area contributed by atoms with E-state index in [4.69, 9.17) is 10.2 Å². The van der Waals surface area contributed by atoms with Gasteiger partial charge in [0.05, 0.1) is 26.4 Å². The minimum absolute atomic E-state index is 0.0278.